The molecule has 2 aromatic rings. The molecule has 4 nitrogen and oxygen atoms in total. The van der Waals surface area contributed by atoms with Gasteiger partial charge in [0, 0.05) is 18.0 Å². The van der Waals surface area contributed by atoms with Crippen LogP contribution in [0.5, 0.6) is 5.75 Å². The van der Waals surface area contributed by atoms with E-state index in [9.17, 15) is 10.3 Å². The van der Waals surface area contributed by atoms with Crippen LogP contribution in [0.2, 0.25) is 0 Å². The summed E-state index contributed by atoms with van der Waals surface area (Å²) in [5, 5.41) is 23.2. The zero-order valence-electron chi connectivity index (χ0n) is 11.4. The number of nitrogens with zero attached hydrogens (tertiary/aromatic N) is 2. The van der Waals surface area contributed by atoms with E-state index in [4.69, 9.17) is 0 Å². The molecule has 0 bridgehead atoms. The summed E-state index contributed by atoms with van der Waals surface area (Å²) in [7, 11) is 0. The van der Waals surface area contributed by atoms with Crippen LogP contribution in [0.1, 0.15) is 30.7 Å². The summed E-state index contributed by atoms with van der Waals surface area (Å²) in [5.41, 5.74) is 2.48. The molecule has 3 rings (SSSR count). The van der Waals surface area contributed by atoms with E-state index >= 15 is 0 Å². The van der Waals surface area contributed by atoms with E-state index in [0.29, 0.717) is 17.9 Å². The first-order valence-electron chi connectivity index (χ1n) is 6.48. The highest BCUT2D eigenvalue weighted by Gasteiger charge is 2.35. The summed E-state index contributed by atoms with van der Waals surface area (Å²) >= 11 is 1.48. The second-order valence-electron chi connectivity index (χ2n) is 5.89. The predicted octanol–water partition coefficient (Wildman–Crippen LogP) is 3.67. The average molecular weight is 288 g/mol. The average Bonchev–Trinajstić information content (AvgIpc) is 2.75. The van der Waals surface area contributed by atoms with E-state index in [2.05, 4.69) is 24.0 Å². The van der Waals surface area contributed by atoms with E-state index in [1.807, 2.05) is 12.1 Å². The number of aromatic nitrogens is 1. The lowest BCUT2D eigenvalue weighted by atomic mass is 9.76. The minimum atomic E-state index is -0.0113. The Labute approximate surface area is 121 Å². The van der Waals surface area contributed by atoms with Crippen molar-refractivity contribution in [2.45, 2.75) is 26.7 Å². The van der Waals surface area contributed by atoms with E-state index in [1.54, 1.807) is 12.4 Å². The van der Waals surface area contributed by atoms with Crippen molar-refractivity contribution in [2.75, 3.05) is 0 Å². The molecule has 0 spiro atoms. The number of thiophene rings is 1. The summed E-state index contributed by atoms with van der Waals surface area (Å²) < 4.78 is 0. The van der Waals surface area contributed by atoms with Crippen molar-refractivity contribution in [1.29, 1.82) is 0 Å². The van der Waals surface area contributed by atoms with E-state index in [0.717, 1.165) is 27.3 Å². The molecule has 0 amide bonds. The van der Waals surface area contributed by atoms with Crippen LogP contribution in [0.15, 0.2) is 29.7 Å². The molecule has 0 atom stereocenters. The summed E-state index contributed by atoms with van der Waals surface area (Å²) in [6.45, 7) is 4.23. The fraction of sp³-hybridized carbons (Fsp3) is 0.333. The van der Waals surface area contributed by atoms with E-state index in [-0.39, 0.29) is 5.41 Å². The van der Waals surface area contributed by atoms with Crippen molar-refractivity contribution in [3.05, 3.63) is 35.0 Å². The minimum Gasteiger partial charge on any atom is -0.506 e. The molecule has 0 aliphatic heterocycles. The molecule has 2 heterocycles. The Bertz CT molecular complexity index is 675. The molecule has 104 valence electrons. The zero-order chi connectivity index (χ0) is 14.3. The number of oxime groups is 1. The normalized spacial score (nSPS) is 19.0. The van der Waals surface area contributed by atoms with E-state index in [1.165, 1.54) is 11.3 Å². The third-order valence-electron chi connectivity index (χ3n) is 3.61. The second kappa shape index (κ2) is 4.59. The molecule has 0 unspecified atom stereocenters. The second-order valence-corrected chi connectivity index (χ2v) is 6.91. The SMILES string of the molecule is CC1(C)CC(=NO)c2sc(-c3ccncc3)c(O)c2C1. The molecular formula is C15H16N2O2S. The Hall–Kier alpha value is -1.88. The molecule has 2 N–H and O–H groups in total. The largest absolute Gasteiger partial charge is 0.506 e. The van der Waals surface area contributed by atoms with Crippen molar-refractivity contribution in [3.63, 3.8) is 0 Å². The van der Waals surface area contributed by atoms with Gasteiger partial charge in [-0.15, -0.1) is 11.3 Å². The highest BCUT2D eigenvalue weighted by molar-refractivity contribution is 7.18. The van der Waals surface area contributed by atoms with Gasteiger partial charge in [0.15, 0.2) is 0 Å². The van der Waals surface area contributed by atoms with Crippen molar-refractivity contribution in [1.82, 2.24) is 4.98 Å². The van der Waals surface area contributed by atoms with Gasteiger partial charge in [0.25, 0.3) is 0 Å². The quantitative estimate of drug-likeness (QED) is 0.621. The summed E-state index contributed by atoms with van der Waals surface area (Å²) in [5.74, 6) is 0.310. The first-order valence-corrected chi connectivity index (χ1v) is 7.30. The number of aromatic hydroxyl groups is 1. The van der Waals surface area contributed by atoms with Gasteiger partial charge in [-0.05, 0) is 36.0 Å². The monoisotopic (exact) mass is 288 g/mol. The Morgan fingerprint density at radius 2 is 1.90 bits per heavy atom. The Balaban J connectivity index is 2.18. The molecule has 0 fully saturated rings. The molecule has 0 saturated carbocycles. The van der Waals surface area contributed by atoms with Crippen LogP contribution in [0, 0.1) is 5.41 Å². The zero-order valence-corrected chi connectivity index (χ0v) is 12.2. The van der Waals surface area contributed by atoms with Gasteiger partial charge >= 0.3 is 0 Å². The van der Waals surface area contributed by atoms with Crippen LogP contribution in [-0.4, -0.2) is 21.0 Å². The summed E-state index contributed by atoms with van der Waals surface area (Å²) in [6.07, 6.45) is 4.91. The van der Waals surface area contributed by atoms with Gasteiger partial charge in [0.2, 0.25) is 0 Å². The van der Waals surface area contributed by atoms with Gasteiger partial charge in [-0.3, -0.25) is 4.98 Å². The van der Waals surface area contributed by atoms with Crippen molar-refractivity contribution >= 4 is 17.0 Å². The molecule has 0 radical (unpaired) electrons. The third kappa shape index (κ3) is 2.08. The van der Waals surface area contributed by atoms with E-state index < -0.39 is 0 Å². The standard InChI is InChI=1S/C15H16N2O2S/c1-15(2)7-10-12(18)13(9-3-5-16-6-4-9)20-14(10)11(8-15)17-19/h3-6,18-19H,7-8H2,1-2H3. The number of pyridine rings is 1. The van der Waals surface area contributed by atoms with Crippen LogP contribution in [-0.2, 0) is 6.42 Å². The van der Waals surface area contributed by atoms with Gasteiger partial charge in [-0.2, -0.15) is 0 Å². The molecule has 1 aliphatic rings. The molecule has 20 heavy (non-hydrogen) atoms. The molecule has 0 aromatic carbocycles. The number of hydrogen-bond acceptors (Lipinski definition) is 5. The van der Waals surface area contributed by atoms with Gasteiger partial charge in [-0.25, -0.2) is 0 Å². The van der Waals surface area contributed by atoms with Crippen LogP contribution < -0.4 is 0 Å². The fourth-order valence-electron chi connectivity index (χ4n) is 2.71. The summed E-state index contributed by atoms with van der Waals surface area (Å²) in [4.78, 5) is 5.71. The van der Waals surface area contributed by atoms with Crippen molar-refractivity contribution < 1.29 is 10.3 Å². The Morgan fingerprint density at radius 3 is 2.55 bits per heavy atom. The molecular weight excluding hydrogens is 272 g/mol. The minimum absolute atomic E-state index is 0.0113. The Kier molecular flexibility index (Phi) is 3.01. The van der Waals surface area contributed by atoms with Crippen molar-refractivity contribution in [3.8, 4) is 16.2 Å². The summed E-state index contributed by atoms with van der Waals surface area (Å²) in [6, 6.07) is 3.75. The van der Waals surface area contributed by atoms with Gasteiger partial charge < -0.3 is 10.3 Å². The lowest BCUT2D eigenvalue weighted by Crippen LogP contribution is -2.26. The van der Waals surface area contributed by atoms with Crippen LogP contribution in [0.4, 0.5) is 0 Å². The molecule has 5 heteroatoms. The smallest absolute Gasteiger partial charge is 0.138 e. The Morgan fingerprint density at radius 1 is 1.20 bits per heavy atom. The number of rotatable bonds is 1. The number of fused-ring (bicyclic) bond motifs is 1. The molecule has 0 saturated heterocycles. The van der Waals surface area contributed by atoms with Gasteiger partial charge in [0.05, 0.1) is 15.5 Å². The highest BCUT2D eigenvalue weighted by atomic mass is 32.1. The van der Waals surface area contributed by atoms with Crippen LogP contribution in [0.25, 0.3) is 10.4 Å². The topological polar surface area (TPSA) is 65.7 Å². The number of hydrogen-bond donors (Lipinski definition) is 2. The van der Waals surface area contributed by atoms with Crippen LogP contribution in [0.3, 0.4) is 0 Å². The van der Waals surface area contributed by atoms with Crippen LogP contribution >= 0.6 is 11.3 Å². The fourth-order valence-corrected chi connectivity index (χ4v) is 3.91. The maximum atomic E-state index is 10.5. The maximum Gasteiger partial charge on any atom is 0.138 e. The predicted molar refractivity (Wildman–Crippen MR) is 79.6 cm³/mol. The maximum absolute atomic E-state index is 10.5. The lowest BCUT2D eigenvalue weighted by Gasteiger charge is -2.29. The lowest BCUT2D eigenvalue weighted by molar-refractivity contribution is 0.306. The third-order valence-corrected chi connectivity index (χ3v) is 4.93. The molecule has 2 aromatic heterocycles. The first kappa shape index (κ1) is 13.1. The highest BCUT2D eigenvalue weighted by Crippen LogP contribution is 2.48. The molecule has 1 aliphatic carbocycles. The van der Waals surface area contributed by atoms with Crippen molar-refractivity contribution in [2.24, 2.45) is 10.6 Å². The first-order chi connectivity index (χ1) is 9.52. The van der Waals surface area contributed by atoms with Gasteiger partial charge in [-0.1, -0.05) is 19.0 Å². The van der Waals surface area contributed by atoms with Gasteiger partial charge in [0.1, 0.15) is 5.75 Å².